The molecule has 0 aliphatic carbocycles. The third-order valence-corrected chi connectivity index (χ3v) is 3.69. The van der Waals surface area contributed by atoms with Gasteiger partial charge in [0.05, 0.1) is 12.2 Å². The van der Waals surface area contributed by atoms with Crippen LogP contribution in [0.1, 0.15) is 27.8 Å². The fourth-order valence-corrected chi connectivity index (χ4v) is 2.40. The highest BCUT2D eigenvalue weighted by Gasteiger charge is 2.13. The molecule has 1 aromatic heterocycles. The van der Waals surface area contributed by atoms with E-state index in [1.54, 1.807) is 36.4 Å². The van der Waals surface area contributed by atoms with E-state index in [1.165, 1.54) is 0 Å². The maximum atomic E-state index is 12.3. The first-order valence-corrected chi connectivity index (χ1v) is 8.32. The molecule has 0 saturated heterocycles. The molecule has 0 atom stereocenters. The minimum absolute atomic E-state index is 0.206. The van der Waals surface area contributed by atoms with Gasteiger partial charge in [-0.2, -0.15) is 0 Å². The van der Waals surface area contributed by atoms with E-state index in [-0.39, 0.29) is 18.3 Å². The van der Waals surface area contributed by atoms with Gasteiger partial charge in [-0.15, -0.1) is 0 Å². The second kappa shape index (κ2) is 8.31. The number of benzene rings is 2. The Kier molecular flexibility index (Phi) is 5.66. The normalized spacial score (nSPS) is 10.7. The summed E-state index contributed by atoms with van der Waals surface area (Å²) >= 11 is 0. The van der Waals surface area contributed by atoms with Crippen LogP contribution in [0.2, 0.25) is 0 Å². The predicted octanol–water partition coefficient (Wildman–Crippen LogP) is 3.88. The van der Waals surface area contributed by atoms with Gasteiger partial charge in [0.25, 0.3) is 5.91 Å². The van der Waals surface area contributed by atoms with Gasteiger partial charge < -0.3 is 19.2 Å². The summed E-state index contributed by atoms with van der Waals surface area (Å²) in [7, 11) is 0. The van der Waals surface area contributed by atoms with Crippen LogP contribution in [0.4, 0.5) is 5.69 Å². The van der Waals surface area contributed by atoms with Gasteiger partial charge in [-0.1, -0.05) is 18.2 Å². The maximum absolute atomic E-state index is 12.3. The fourth-order valence-electron chi connectivity index (χ4n) is 2.40. The van der Waals surface area contributed by atoms with Crippen molar-refractivity contribution in [2.45, 2.75) is 6.92 Å². The number of esters is 1. The van der Waals surface area contributed by atoms with E-state index in [1.807, 2.05) is 25.1 Å². The Bertz CT molecular complexity index is 865. The van der Waals surface area contributed by atoms with E-state index in [0.29, 0.717) is 30.0 Å². The Morgan fingerprint density at radius 2 is 1.81 bits per heavy atom. The van der Waals surface area contributed by atoms with Crippen molar-refractivity contribution < 1.29 is 23.5 Å². The second-order valence-corrected chi connectivity index (χ2v) is 5.51. The van der Waals surface area contributed by atoms with Crippen molar-refractivity contribution in [1.82, 2.24) is 0 Å². The Morgan fingerprint density at radius 3 is 2.54 bits per heavy atom. The van der Waals surface area contributed by atoms with Gasteiger partial charge in [0.1, 0.15) is 12.2 Å². The number of para-hydroxylation sites is 1. The van der Waals surface area contributed by atoms with E-state index in [2.05, 4.69) is 5.32 Å². The van der Waals surface area contributed by atoms with Crippen molar-refractivity contribution in [1.29, 1.82) is 0 Å². The van der Waals surface area contributed by atoms with Crippen LogP contribution in [0.25, 0.3) is 11.0 Å². The number of amides is 1. The van der Waals surface area contributed by atoms with E-state index < -0.39 is 5.97 Å². The summed E-state index contributed by atoms with van der Waals surface area (Å²) in [6.07, 6.45) is 0. The number of hydrogen-bond donors (Lipinski definition) is 1. The van der Waals surface area contributed by atoms with Crippen LogP contribution in [0.15, 0.2) is 59.0 Å². The molecule has 0 saturated carbocycles. The monoisotopic (exact) mass is 353 g/mol. The summed E-state index contributed by atoms with van der Waals surface area (Å²) < 4.78 is 15.7. The average Bonchev–Trinajstić information content (AvgIpc) is 3.10. The number of furan rings is 1. The quantitative estimate of drug-likeness (QED) is 0.515. The summed E-state index contributed by atoms with van der Waals surface area (Å²) in [6, 6.07) is 15.6. The third-order valence-electron chi connectivity index (χ3n) is 3.69. The van der Waals surface area contributed by atoms with Gasteiger partial charge in [0, 0.05) is 17.7 Å². The van der Waals surface area contributed by atoms with Crippen molar-refractivity contribution in [3.05, 3.63) is 65.9 Å². The highest BCUT2D eigenvalue weighted by Crippen LogP contribution is 2.20. The summed E-state index contributed by atoms with van der Waals surface area (Å²) in [6.45, 7) is 3.03. The molecule has 3 rings (SSSR count). The zero-order chi connectivity index (χ0) is 18.4. The Labute approximate surface area is 150 Å². The molecule has 0 radical (unpaired) electrons. The van der Waals surface area contributed by atoms with Crippen LogP contribution in [0.3, 0.4) is 0 Å². The number of anilines is 1. The Morgan fingerprint density at radius 1 is 1.04 bits per heavy atom. The number of hydrogen-bond acceptors (Lipinski definition) is 5. The topological polar surface area (TPSA) is 77.8 Å². The molecule has 26 heavy (non-hydrogen) atoms. The van der Waals surface area contributed by atoms with Gasteiger partial charge in [0.2, 0.25) is 0 Å². The Balaban J connectivity index is 1.59. The molecule has 2 aromatic carbocycles. The summed E-state index contributed by atoms with van der Waals surface area (Å²) in [4.78, 5) is 24.2. The first-order valence-electron chi connectivity index (χ1n) is 8.32. The second-order valence-electron chi connectivity index (χ2n) is 5.51. The summed E-state index contributed by atoms with van der Waals surface area (Å²) in [5.74, 6) is -0.557. The van der Waals surface area contributed by atoms with E-state index in [4.69, 9.17) is 13.9 Å². The molecule has 0 bridgehead atoms. The molecule has 0 spiro atoms. The first-order chi connectivity index (χ1) is 12.7. The highest BCUT2D eigenvalue weighted by molar-refractivity contribution is 6.04. The van der Waals surface area contributed by atoms with Gasteiger partial charge >= 0.3 is 5.97 Å². The summed E-state index contributed by atoms with van der Waals surface area (Å²) in [5.41, 5.74) is 1.62. The molecule has 0 unspecified atom stereocenters. The standard InChI is InChI=1S/C20H19NO5/c1-2-24-11-12-25-20(23)14-7-9-16(10-8-14)21-19(22)18-13-15-5-3-4-6-17(15)26-18/h3-10,13H,2,11-12H2,1H3,(H,21,22). The number of fused-ring (bicyclic) bond motifs is 1. The molecule has 134 valence electrons. The molecule has 1 heterocycles. The zero-order valence-electron chi connectivity index (χ0n) is 14.4. The lowest BCUT2D eigenvalue weighted by Gasteiger charge is -2.06. The van der Waals surface area contributed by atoms with Crippen molar-refractivity contribution in [2.75, 3.05) is 25.1 Å². The van der Waals surface area contributed by atoms with Crippen LogP contribution in [-0.2, 0) is 9.47 Å². The molecule has 6 heteroatoms. The molecule has 0 aliphatic rings. The molecular formula is C20H19NO5. The van der Waals surface area contributed by atoms with Crippen LogP contribution in [0, 0.1) is 0 Å². The molecule has 6 nitrogen and oxygen atoms in total. The molecule has 0 fully saturated rings. The molecular weight excluding hydrogens is 334 g/mol. The van der Waals surface area contributed by atoms with Crippen molar-refractivity contribution in [2.24, 2.45) is 0 Å². The van der Waals surface area contributed by atoms with Crippen molar-refractivity contribution >= 4 is 28.5 Å². The van der Waals surface area contributed by atoms with Crippen LogP contribution in [0.5, 0.6) is 0 Å². The lowest BCUT2D eigenvalue weighted by atomic mass is 10.2. The van der Waals surface area contributed by atoms with Gasteiger partial charge in [-0.25, -0.2) is 4.79 Å². The molecule has 1 N–H and O–H groups in total. The van der Waals surface area contributed by atoms with E-state index in [0.717, 1.165) is 5.39 Å². The number of nitrogens with one attached hydrogen (secondary N) is 1. The van der Waals surface area contributed by atoms with E-state index >= 15 is 0 Å². The molecule has 0 aliphatic heterocycles. The number of ether oxygens (including phenoxy) is 2. The number of carbonyl (C=O) groups is 2. The average molecular weight is 353 g/mol. The third kappa shape index (κ3) is 4.29. The number of rotatable bonds is 7. The minimum Gasteiger partial charge on any atom is -0.460 e. The minimum atomic E-state index is -0.431. The SMILES string of the molecule is CCOCCOC(=O)c1ccc(NC(=O)c2cc3ccccc3o2)cc1. The van der Waals surface area contributed by atoms with Gasteiger partial charge in [-0.05, 0) is 43.3 Å². The number of carbonyl (C=O) groups excluding carboxylic acids is 2. The molecule has 3 aromatic rings. The van der Waals surface area contributed by atoms with Crippen molar-refractivity contribution in [3.63, 3.8) is 0 Å². The van der Waals surface area contributed by atoms with Gasteiger partial charge in [0.15, 0.2) is 5.76 Å². The van der Waals surface area contributed by atoms with E-state index in [9.17, 15) is 9.59 Å². The molecule has 1 amide bonds. The smallest absolute Gasteiger partial charge is 0.338 e. The van der Waals surface area contributed by atoms with Crippen LogP contribution < -0.4 is 5.32 Å². The fraction of sp³-hybridized carbons (Fsp3) is 0.200. The maximum Gasteiger partial charge on any atom is 0.338 e. The predicted molar refractivity (Wildman–Crippen MR) is 97.4 cm³/mol. The largest absolute Gasteiger partial charge is 0.460 e. The van der Waals surface area contributed by atoms with Gasteiger partial charge in [-0.3, -0.25) is 4.79 Å². The van der Waals surface area contributed by atoms with Crippen molar-refractivity contribution in [3.8, 4) is 0 Å². The highest BCUT2D eigenvalue weighted by atomic mass is 16.6. The Hall–Kier alpha value is -3.12. The van der Waals surface area contributed by atoms with Crippen LogP contribution >= 0.6 is 0 Å². The first kappa shape index (κ1) is 17.7. The lowest BCUT2D eigenvalue weighted by Crippen LogP contribution is -2.12. The summed E-state index contributed by atoms with van der Waals surface area (Å²) in [5, 5.41) is 3.60. The van der Waals surface area contributed by atoms with Crippen LogP contribution in [-0.4, -0.2) is 31.7 Å². The lowest BCUT2D eigenvalue weighted by molar-refractivity contribution is 0.0335. The zero-order valence-corrected chi connectivity index (χ0v) is 14.4.